The summed E-state index contributed by atoms with van der Waals surface area (Å²) in [5, 5.41) is 6.43. The number of hydrogen-bond acceptors (Lipinski definition) is 2. The van der Waals surface area contributed by atoms with Gasteiger partial charge in [-0.25, -0.2) is 0 Å². The molecule has 1 amide bonds. The van der Waals surface area contributed by atoms with Crippen LogP contribution in [0.5, 0.6) is 0 Å². The minimum absolute atomic E-state index is 0. The molecule has 1 aliphatic rings. The van der Waals surface area contributed by atoms with Crippen molar-refractivity contribution in [2.45, 2.75) is 45.6 Å². The monoisotopic (exact) mass is 296 g/mol. The standard InChI is InChI=1S/C16H24N2O.ClH/c1-12-5-6-14(13(2)10-12)7-8-16(19)18-15-4-3-9-17-11-15;/h5-6,10,15,17H,3-4,7-9,11H2,1-2H3,(H,18,19);1H. The van der Waals surface area contributed by atoms with Gasteiger partial charge in [-0.05, 0) is 50.8 Å². The minimum atomic E-state index is 0. The first kappa shape index (κ1) is 17.0. The van der Waals surface area contributed by atoms with E-state index in [-0.39, 0.29) is 18.3 Å². The van der Waals surface area contributed by atoms with E-state index in [0.29, 0.717) is 12.5 Å². The number of piperidine rings is 1. The zero-order chi connectivity index (χ0) is 13.7. The van der Waals surface area contributed by atoms with Crippen LogP contribution in [0.4, 0.5) is 0 Å². The second kappa shape index (κ2) is 8.28. The first-order valence-electron chi connectivity index (χ1n) is 7.21. The summed E-state index contributed by atoms with van der Waals surface area (Å²) in [5.74, 6) is 0.175. The highest BCUT2D eigenvalue weighted by Gasteiger charge is 2.15. The molecule has 2 N–H and O–H groups in total. The summed E-state index contributed by atoms with van der Waals surface area (Å²) < 4.78 is 0. The van der Waals surface area contributed by atoms with Crippen molar-refractivity contribution in [3.05, 3.63) is 34.9 Å². The lowest BCUT2D eigenvalue weighted by Gasteiger charge is -2.23. The van der Waals surface area contributed by atoms with Crippen LogP contribution in [-0.2, 0) is 11.2 Å². The Bertz CT molecular complexity index is 442. The van der Waals surface area contributed by atoms with Crippen LogP contribution in [0.25, 0.3) is 0 Å². The lowest BCUT2D eigenvalue weighted by molar-refractivity contribution is -0.121. The smallest absolute Gasteiger partial charge is 0.220 e. The molecule has 20 heavy (non-hydrogen) atoms. The van der Waals surface area contributed by atoms with E-state index in [1.54, 1.807) is 0 Å². The van der Waals surface area contributed by atoms with Gasteiger partial charge in [0.25, 0.3) is 0 Å². The molecule has 4 heteroatoms. The molecule has 0 radical (unpaired) electrons. The quantitative estimate of drug-likeness (QED) is 0.896. The van der Waals surface area contributed by atoms with Gasteiger partial charge in [0.1, 0.15) is 0 Å². The van der Waals surface area contributed by atoms with Crippen molar-refractivity contribution in [3.8, 4) is 0 Å². The predicted molar refractivity (Wildman–Crippen MR) is 85.5 cm³/mol. The van der Waals surface area contributed by atoms with Gasteiger partial charge >= 0.3 is 0 Å². The van der Waals surface area contributed by atoms with Crippen molar-refractivity contribution < 1.29 is 4.79 Å². The van der Waals surface area contributed by atoms with Crippen LogP contribution in [-0.4, -0.2) is 25.0 Å². The van der Waals surface area contributed by atoms with Gasteiger partial charge in [0.2, 0.25) is 5.91 Å². The minimum Gasteiger partial charge on any atom is -0.352 e. The Hall–Kier alpha value is -1.06. The van der Waals surface area contributed by atoms with E-state index >= 15 is 0 Å². The molecule has 1 unspecified atom stereocenters. The molecule has 1 aromatic rings. The summed E-state index contributed by atoms with van der Waals surface area (Å²) in [7, 11) is 0. The highest BCUT2D eigenvalue weighted by Crippen LogP contribution is 2.12. The van der Waals surface area contributed by atoms with Crippen molar-refractivity contribution in [2.24, 2.45) is 0 Å². The lowest BCUT2D eigenvalue weighted by Crippen LogP contribution is -2.45. The molecule has 1 heterocycles. The van der Waals surface area contributed by atoms with Crippen molar-refractivity contribution in [1.29, 1.82) is 0 Å². The predicted octanol–water partition coefficient (Wildman–Crippen LogP) is 2.53. The molecule has 0 spiro atoms. The molecule has 0 aromatic heterocycles. The van der Waals surface area contributed by atoms with E-state index < -0.39 is 0 Å². The summed E-state index contributed by atoms with van der Waals surface area (Å²) in [5.41, 5.74) is 3.84. The second-order valence-corrected chi connectivity index (χ2v) is 5.54. The molecule has 112 valence electrons. The molecular formula is C16H25ClN2O. The van der Waals surface area contributed by atoms with E-state index in [1.807, 2.05) is 0 Å². The van der Waals surface area contributed by atoms with Crippen LogP contribution in [0.1, 0.15) is 36.0 Å². The maximum Gasteiger partial charge on any atom is 0.220 e. The molecule has 1 saturated heterocycles. The largest absolute Gasteiger partial charge is 0.352 e. The number of amides is 1. The van der Waals surface area contributed by atoms with E-state index in [0.717, 1.165) is 32.4 Å². The van der Waals surface area contributed by atoms with Crippen LogP contribution in [0.2, 0.25) is 0 Å². The van der Waals surface area contributed by atoms with Gasteiger partial charge in [-0.2, -0.15) is 0 Å². The summed E-state index contributed by atoms with van der Waals surface area (Å²) >= 11 is 0. The highest BCUT2D eigenvalue weighted by molar-refractivity contribution is 5.85. The molecule has 3 nitrogen and oxygen atoms in total. The lowest BCUT2D eigenvalue weighted by atomic mass is 10.0. The fourth-order valence-corrected chi connectivity index (χ4v) is 2.65. The van der Waals surface area contributed by atoms with Crippen LogP contribution < -0.4 is 10.6 Å². The first-order valence-corrected chi connectivity index (χ1v) is 7.21. The number of nitrogens with one attached hydrogen (secondary N) is 2. The molecule has 0 saturated carbocycles. The Morgan fingerprint density at radius 2 is 2.20 bits per heavy atom. The van der Waals surface area contributed by atoms with Gasteiger partial charge in [-0.15, -0.1) is 12.4 Å². The van der Waals surface area contributed by atoms with Crippen LogP contribution >= 0.6 is 12.4 Å². The average Bonchev–Trinajstić information content (AvgIpc) is 2.39. The first-order chi connectivity index (χ1) is 9.15. The molecule has 1 aliphatic heterocycles. The van der Waals surface area contributed by atoms with Crippen LogP contribution in [0, 0.1) is 13.8 Å². The maximum atomic E-state index is 11.9. The van der Waals surface area contributed by atoms with E-state index in [4.69, 9.17) is 0 Å². The Labute approximate surface area is 127 Å². The zero-order valence-electron chi connectivity index (χ0n) is 12.4. The van der Waals surface area contributed by atoms with Crippen LogP contribution in [0.15, 0.2) is 18.2 Å². The highest BCUT2D eigenvalue weighted by atomic mass is 35.5. The summed E-state index contributed by atoms with van der Waals surface area (Å²) in [4.78, 5) is 11.9. The van der Waals surface area contributed by atoms with Crippen molar-refractivity contribution >= 4 is 18.3 Å². The zero-order valence-corrected chi connectivity index (χ0v) is 13.2. The molecule has 2 rings (SSSR count). The Kier molecular flexibility index (Phi) is 7.03. The molecule has 0 aliphatic carbocycles. The Balaban J connectivity index is 0.00000200. The summed E-state index contributed by atoms with van der Waals surface area (Å²) in [6, 6.07) is 6.75. The molecule has 1 atom stereocenters. The van der Waals surface area contributed by atoms with Crippen LogP contribution in [0.3, 0.4) is 0 Å². The van der Waals surface area contributed by atoms with Crippen molar-refractivity contribution in [3.63, 3.8) is 0 Å². The van der Waals surface area contributed by atoms with E-state index in [9.17, 15) is 4.79 Å². The number of aryl methyl sites for hydroxylation is 3. The molecule has 1 aromatic carbocycles. The number of halogens is 1. The Morgan fingerprint density at radius 3 is 2.85 bits per heavy atom. The van der Waals surface area contributed by atoms with Gasteiger partial charge < -0.3 is 10.6 Å². The van der Waals surface area contributed by atoms with Gasteiger partial charge in [0.05, 0.1) is 0 Å². The number of hydrogen-bond donors (Lipinski definition) is 2. The van der Waals surface area contributed by atoms with Gasteiger partial charge in [0, 0.05) is 19.0 Å². The van der Waals surface area contributed by atoms with Gasteiger partial charge in [-0.3, -0.25) is 4.79 Å². The summed E-state index contributed by atoms with van der Waals surface area (Å²) in [6.45, 7) is 6.20. The van der Waals surface area contributed by atoms with Gasteiger partial charge in [-0.1, -0.05) is 23.8 Å². The molecular weight excluding hydrogens is 272 g/mol. The molecule has 0 bridgehead atoms. The maximum absolute atomic E-state index is 11.9. The second-order valence-electron chi connectivity index (χ2n) is 5.54. The normalized spacial score (nSPS) is 18.2. The van der Waals surface area contributed by atoms with Crippen molar-refractivity contribution in [2.75, 3.05) is 13.1 Å². The summed E-state index contributed by atoms with van der Waals surface area (Å²) in [6.07, 6.45) is 3.67. The van der Waals surface area contributed by atoms with Crippen molar-refractivity contribution in [1.82, 2.24) is 10.6 Å². The van der Waals surface area contributed by atoms with E-state index in [2.05, 4.69) is 42.7 Å². The number of benzene rings is 1. The number of carbonyl (C=O) groups is 1. The Morgan fingerprint density at radius 1 is 1.40 bits per heavy atom. The third-order valence-electron chi connectivity index (χ3n) is 3.78. The fraction of sp³-hybridized carbons (Fsp3) is 0.562. The SMILES string of the molecule is Cc1ccc(CCC(=O)NC2CCCNC2)c(C)c1.Cl. The molecule has 1 fully saturated rings. The topological polar surface area (TPSA) is 41.1 Å². The van der Waals surface area contributed by atoms with E-state index in [1.165, 1.54) is 16.7 Å². The average molecular weight is 297 g/mol. The fourth-order valence-electron chi connectivity index (χ4n) is 2.65. The number of carbonyl (C=O) groups excluding carboxylic acids is 1. The third-order valence-corrected chi connectivity index (χ3v) is 3.78. The van der Waals surface area contributed by atoms with Gasteiger partial charge in [0.15, 0.2) is 0 Å². The number of rotatable bonds is 4. The third kappa shape index (κ3) is 5.14.